The molecule has 4 rings (SSSR count). The molecule has 0 saturated heterocycles. The van der Waals surface area contributed by atoms with Gasteiger partial charge >= 0.3 is 30.7 Å². The van der Waals surface area contributed by atoms with Gasteiger partial charge in [0, 0.05) is 0 Å². The molecule has 22 heavy (non-hydrogen) atoms. The first kappa shape index (κ1) is 20.9. The van der Waals surface area contributed by atoms with Gasteiger partial charge in [-0.1, -0.05) is 12.1 Å². The quantitative estimate of drug-likeness (QED) is 0.274. The Morgan fingerprint density at radius 2 is 0.955 bits per heavy atom. The topological polar surface area (TPSA) is 0 Å². The molecule has 112 valence electrons. The Morgan fingerprint density at radius 3 is 1.32 bits per heavy atom. The maximum Gasteiger partial charge on any atom is -0.0809 e. The largest absolute Gasteiger partial charge is 0.168 e. The van der Waals surface area contributed by atoms with E-state index in [4.69, 9.17) is 0 Å². The van der Waals surface area contributed by atoms with Crippen molar-refractivity contribution in [3.63, 3.8) is 0 Å². The van der Waals surface area contributed by atoms with Crippen molar-refractivity contribution in [3.05, 3.63) is 99.8 Å². The molecule has 0 aliphatic carbocycles. The average molecular weight is 381 g/mol. The summed E-state index contributed by atoms with van der Waals surface area (Å²) < 4.78 is 0. The van der Waals surface area contributed by atoms with Gasteiger partial charge in [-0.05, 0) is 0 Å². The Morgan fingerprint density at radius 1 is 0.591 bits per heavy atom. The number of hydrogen-bond acceptors (Lipinski definition) is 0. The molecule has 0 atom stereocenters. The van der Waals surface area contributed by atoms with Gasteiger partial charge in [-0.15, -0.1) is 59.3 Å². The summed E-state index contributed by atoms with van der Waals surface area (Å²) in [6.45, 7) is 0. The van der Waals surface area contributed by atoms with Crippen molar-refractivity contribution in [2.24, 2.45) is 0 Å². The van der Waals surface area contributed by atoms with Crippen LogP contribution in [0.5, 0.6) is 0 Å². The number of fused-ring (bicyclic) bond motifs is 2. The molecule has 2 heteroatoms. The third-order valence-corrected chi connectivity index (χ3v) is 3.10. The number of rotatable bonds is 0. The van der Waals surface area contributed by atoms with E-state index in [2.05, 4.69) is 84.9 Å². The van der Waals surface area contributed by atoms with E-state index in [0.29, 0.717) is 0 Å². The second-order valence-electron chi connectivity index (χ2n) is 4.31. The van der Waals surface area contributed by atoms with Crippen LogP contribution in [-0.4, -0.2) is 13.1 Å². The van der Waals surface area contributed by atoms with Crippen LogP contribution in [0.15, 0.2) is 84.9 Å². The van der Waals surface area contributed by atoms with Crippen molar-refractivity contribution in [1.29, 1.82) is 0 Å². The van der Waals surface area contributed by atoms with Gasteiger partial charge in [-0.2, -0.15) is 35.0 Å². The van der Waals surface area contributed by atoms with E-state index in [1.165, 1.54) is 21.5 Å². The van der Waals surface area contributed by atoms with Crippen LogP contribution in [0.3, 0.4) is 0 Å². The van der Waals surface area contributed by atoms with E-state index in [0.717, 1.165) is 0 Å². The van der Waals surface area contributed by atoms with Gasteiger partial charge < -0.3 is 14.9 Å². The second kappa shape index (κ2) is 11.5. The summed E-state index contributed by atoms with van der Waals surface area (Å²) in [6.07, 6.45) is 0. The first-order chi connectivity index (χ1) is 9.93. The van der Waals surface area contributed by atoms with Crippen LogP contribution in [0.2, 0.25) is 0 Å². The maximum absolute atomic E-state index is 2.12. The van der Waals surface area contributed by atoms with Crippen LogP contribution in [0, 0.1) is 14.9 Å². The third-order valence-electron chi connectivity index (χ3n) is 3.10. The summed E-state index contributed by atoms with van der Waals surface area (Å²) >= 11 is 4.00. The fourth-order valence-electron chi connectivity index (χ4n) is 2.14. The van der Waals surface area contributed by atoms with Gasteiger partial charge in [0.25, 0.3) is 0 Å². The van der Waals surface area contributed by atoms with E-state index in [-0.39, 0.29) is 14.9 Å². The molecule has 0 N–H and O–H groups in total. The molecule has 0 amide bonds. The van der Waals surface area contributed by atoms with E-state index in [9.17, 15) is 0 Å². The van der Waals surface area contributed by atoms with Gasteiger partial charge in [-0.25, -0.2) is 0 Å². The second-order valence-corrected chi connectivity index (χ2v) is 4.31. The molecule has 0 bridgehead atoms. The minimum Gasteiger partial charge on any atom is -0.168 e. The van der Waals surface area contributed by atoms with Crippen LogP contribution in [0.4, 0.5) is 0 Å². The standard InChI is InChI=1S/2C9H7.2CH3.Ge.Ti/c2*1-2-5-9-7-3-6-8(9)4-1;;;;/h2*1-7H;2*1H3;;/q4*-1;;. The predicted octanol–water partition coefficient (Wildman–Crippen LogP) is 5.63. The molecule has 4 aromatic rings. The monoisotopic (exact) mass is 382 g/mol. The van der Waals surface area contributed by atoms with Crippen molar-refractivity contribution in [1.82, 2.24) is 0 Å². The molecule has 0 nitrogen and oxygen atoms in total. The van der Waals surface area contributed by atoms with Crippen molar-refractivity contribution in [2.45, 2.75) is 0 Å². The molecule has 0 aromatic heterocycles. The zero-order chi connectivity index (χ0) is 14.2. The minimum absolute atomic E-state index is 0. The first-order valence-electron chi connectivity index (χ1n) is 6.39. The van der Waals surface area contributed by atoms with Gasteiger partial charge in [0.1, 0.15) is 0 Å². The molecule has 2 radical (unpaired) electrons. The molecule has 0 spiro atoms. The smallest absolute Gasteiger partial charge is 0.0809 e. The Kier molecular flexibility index (Phi) is 10.9. The molecule has 0 aliphatic rings. The van der Waals surface area contributed by atoms with Gasteiger partial charge in [0.2, 0.25) is 0 Å². The van der Waals surface area contributed by atoms with Gasteiger partial charge in [0.15, 0.2) is 0 Å². The van der Waals surface area contributed by atoms with Crippen molar-refractivity contribution >= 4 is 34.7 Å². The molecule has 4 aromatic carbocycles. The van der Waals surface area contributed by atoms with Crippen LogP contribution >= 0.6 is 0 Å². The van der Waals surface area contributed by atoms with Crippen molar-refractivity contribution in [3.8, 4) is 0 Å². The first-order valence-corrected chi connectivity index (χ1v) is 11.5. The van der Waals surface area contributed by atoms with E-state index in [1.807, 2.05) is 30.7 Å². The summed E-state index contributed by atoms with van der Waals surface area (Å²) in [5.74, 6) is 0. The SMILES string of the molecule is [CH3-].[CH3-].[Ti]=[Ge].c1ccc2[cH-]ccc2c1.c1ccc2[cH-]ccc2c1. The minimum atomic E-state index is 0. The zero-order valence-electron chi connectivity index (χ0n) is 13.1. The van der Waals surface area contributed by atoms with Gasteiger partial charge in [-0.3, -0.25) is 0 Å². The van der Waals surface area contributed by atoms with Crippen molar-refractivity contribution < 1.29 is 17.6 Å². The third kappa shape index (κ3) is 5.60. The average Bonchev–Trinajstić information content (AvgIpc) is 3.18. The summed E-state index contributed by atoms with van der Waals surface area (Å²) in [6, 6.07) is 29.3. The number of benzene rings is 2. The molecule has 0 heterocycles. The van der Waals surface area contributed by atoms with Gasteiger partial charge in [0.05, 0.1) is 0 Å². The maximum atomic E-state index is 2.12. The van der Waals surface area contributed by atoms with E-state index >= 15 is 0 Å². The Bertz CT molecular complexity index is 641. The van der Waals surface area contributed by atoms with Crippen molar-refractivity contribution in [2.75, 3.05) is 0 Å². The number of hydrogen-bond donors (Lipinski definition) is 0. The Balaban J connectivity index is 0.000000334. The molecular formula is C20H20GeTi-4. The molecule has 0 aliphatic heterocycles. The predicted molar refractivity (Wildman–Crippen MR) is 97.7 cm³/mol. The summed E-state index contributed by atoms with van der Waals surface area (Å²) in [5.41, 5.74) is 0. The fourth-order valence-corrected chi connectivity index (χ4v) is 2.14. The fraction of sp³-hybridized carbons (Fsp3) is 0. The normalized spacial score (nSPS) is 8.50. The van der Waals surface area contributed by atoms with E-state index in [1.54, 1.807) is 0 Å². The summed E-state index contributed by atoms with van der Waals surface area (Å²) in [7, 11) is 0. The molecule has 0 saturated carbocycles. The summed E-state index contributed by atoms with van der Waals surface area (Å²) in [4.78, 5) is 0. The van der Waals surface area contributed by atoms with Crippen LogP contribution in [-0.2, 0) is 17.6 Å². The van der Waals surface area contributed by atoms with Crippen LogP contribution in [0.1, 0.15) is 0 Å². The summed E-state index contributed by atoms with van der Waals surface area (Å²) in [5, 5.41) is 5.32. The van der Waals surface area contributed by atoms with Crippen LogP contribution < -0.4 is 0 Å². The van der Waals surface area contributed by atoms with Crippen LogP contribution in [0.25, 0.3) is 21.5 Å². The molecule has 0 fully saturated rings. The molecular weight excluding hydrogens is 361 g/mol. The van der Waals surface area contributed by atoms with E-state index < -0.39 is 0 Å². The zero-order valence-corrected chi connectivity index (χ0v) is 16.7. The Labute approximate surface area is 151 Å². The molecule has 0 unspecified atom stereocenters. The Hall–Kier alpha value is -1.08.